The molecule has 2 amide bonds. The molecule has 0 bridgehead atoms. The molecule has 0 radical (unpaired) electrons. The summed E-state index contributed by atoms with van der Waals surface area (Å²) in [5.74, 6) is -2.04. The van der Waals surface area contributed by atoms with E-state index in [4.69, 9.17) is 9.47 Å². The van der Waals surface area contributed by atoms with Crippen molar-refractivity contribution in [3.05, 3.63) is 53.6 Å². The predicted octanol–water partition coefficient (Wildman–Crippen LogP) is 3.38. The number of carbonyl (C=O) groups is 2. The molecule has 0 N–H and O–H groups in total. The lowest BCUT2D eigenvalue weighted by molar-refractivity contribution is -0.140. The van der Waals surface area contributed by atoms with Crippen molar-refractivity contribution in [1.29, 1.82) is 0 Å². The summed E-state index contributed by atoms with van der Waals surface area (Å²) in [4.78, 5) is 28.7. The smallest absolute Gasteiger partial charge is 0.239 e. The van der Waals surface area contributed by atoms with Gasteiger partial charge in [-0.25, -0.2) is 8.78 Å². The van der Waals surface area contributed by atoms with E-state index in [2.05, 4.69) is 0 Å². The zero-order valence-corrected chi connectivity index (χ0v) is 17.2. The molecule has 0 saturated carbocycles. The number of ether oxygens (including phenoxy) is 2. The van der Waals surface area contributed by atoms with Gasteiger partial charge in [0.05, 0.1) is 14.2 Å². The zero-order valence-electron chi connectivity index (χ0n) is 17.2. The minimum atomic E-state index is -0.878. The van der Waals surface area contributed by atoms with Crippen molar-refractivity contribution in [1.82, 2.24) is 4.90 Å². The minimum Gasteiger partial charge on any atom is -0.493 e. The quantitative estimate of drug-likeness (QED) is 0.647. The second kappa shape index (κ2) is 9.11. The topological polar surface area (TPSA) is 59.1 Å². The first-order valence-corrected chi connectivity index (χ1v) is 9.65. The molecule has 1 heterocycles. The summed E-state index contributed by atoms with van der Waals surface area (Å²) in [7, 11) is 3.08. The Morgan fingerprint density at radius 1 is 1.10 bits per heavy atom. The van der Waals surface area contributed by atoms with E-state index in [1.165, 1.54) is 12.0 Å². The molecule has 1 atom stereocenters. The van der Waals surface area contributed by atoms with E-state index < -0.39 is 23.5 Å². The molecule has 2 aromatic rings. The Morgan fingerprint density at radius 3 is 2.37 bits per heavy atom. The van der Waals surface area contributed by atoms with Crippen molar-refractivity contribution >= 4 is 17.5 Å². The van der Waals surface area contributed by atoms with Crippen LogP contribution in [0.15, 0.2) is 36.4 Å². The molecule has 1 aliphatic rings. The lowest BCUT2D eigenvalue weighted by Crippen LogP contribution is -2.39. The highest BCUT2D eigenvalue weighted by atomic mass is 19.1. The Hall–Kier alpha value is -3.16. The van der Waals surface area contributed by atoms with Crippen LogP contribution >= 0.6 is 0 Å². The largest absolute Gasteiger partial charge is 0.493 e. The summed E-state index contributed by atoms with van der Waals surface area (Å²) in [5.41, 5.74) is 0.952. The third-order valence-electron chi connectivity index (χ3n) is 5.18. The molecule has 1 unspecified atom stereocenters. The summed E-state index contributed by atoms with van der Waals surface area (Å²) < 4.78 is 37.6. The van der Waals surface area contributed by atoms with E-state index in [0.29, 0.717) is 24.6 Å². The fourth-order valence-electron chi connectivity index (χ4n) is 3.63. The fourth-order valence-corrected chi connectivity index (χ4v) is 3.63. The second-order valence-corrected chi connectivity index (χ2v) is 7.00. The maximum Gasteiger partial charge on any atom is 0.239 e. The van der Waals surface area contributed by atoms with Gasteiger partial charge in [0.25, 0.3) is 0 Å². The molecule has 8 heteroatoms. The Bertz CT molecular complexity index is 930. The van der Waals surface area contributed by atoms with Gasteiger partial charge < -0.3 is 19.3 Å². The van der Waals surface area contributed by atoms with E-state index >= 15 is 0 Å². The molecule has 3 rings (SSSR count). The number of hydrogen-bond donors (Lipinski definition) is 0. The molecule has 160 valence electrons. The van der Waals surface area contributed by atoms with Gasteiger partial charge in [0, 0.05) is 31.4 Å². The number of carbonyl (C=O) groups excluding carboxylic acids is 2. The summed E-state index contributed by atoms with van der Waals surface area (Å²) in [6.45, 7) is 2.77. The molecule has 2 aromatic carbocycles. The Kier molecular flexibility index (Phi) is 6.54. The molecular formula is C22H24F2N2O4. The summed E-state index contributed by atoms with van der Waals surface area (Å²) >= 11 is 0. The number of anilines is 1. The van der Waals surface area contributed by atoms with Crippen LogP contribution in [0.1, 0.15) is 18.9 Å². The van der Waals surface area contributed by atoms with E-state index in [-0.39, 0.29) is 24.6 Å². The Labute approximate surface area is 174 Å². The van der Waals surface area contributed by atoms with Gasteiger partial charge in [-0.15, -0.1) is 0 Å². The molecule has 1 saturated heterocycles. The average molecular weight is 418 g/mol. The van der Waals surface area contributed by atoms with Gasteiger partial charge in [-0.05, 0) is 43.2 Å². The highest BCUT2D eigenvalue weighted by Gasteiger charge is 2.39. The zero-order chi connectivity index (χ0) is 21.8. The highest BCUT2D eigenvalue weighted by Crippen LogP contribution is 2.30. The van der Waals surface area contributed by atoms with E-state index in [0.717, 1.165) is 23.8 Å². The van der Waals surface area contributed by atoms with Gasteiger partial charge in [-0.2, -0.15) is 0 Å². The molecule has 30 heavy (non-hydrogen) atoms. The summed E-state index contributed by atoms with van der Waals surface area (Å²) in [5, 5.41) is 0. The van der Waals surface area contributed by atoms with Crippen LogP contribution in [0.2, 0.25) is 0 Å². The van der Waals surface area contributed by atoms with Crippen molar-refractivity contribution in [3.63, 3.8) is 0 Å². The average Bonchev–Trinajstić information content (AvgIpc) is 3.11. The number of benzene rings is 2. The molecule has 6 nitrogen and oxygen atoms in total. The van der Waals surface area contributed by atoms with Crippen molar-refractivity contribution in [2.75, 3.05) is 32.2 Å². The number of hydrogen-bond acceptors (Lipinski definition) is 4. The number of amides is 2. The third kappa shape index (κ3) is 4.37. The van der Waals surface area contributed by atoms with Crippen molar-refractivity contribution in [2.45, 2.75) is 19.9 Å². The maximum atomic E-state index is 13.5. The highest BCUT2D eigenvalue weighted by molar-refractivity contribution is 6.09. The van der Waals surface area contributed by atoms with Crippen LogP contribution in [0, 0.1) is 17.6 Å². The number of nitrogens with zero attached hydrogens (tertiary/aromatic N) is 2. The van der Waals surface area contributed by atoms with Crippen molar-refractivity contribution in [2.24, 2.45) is 5.92 Å². The van der Waals surface area contributed by atoms with Gasteiger partial charge >= 0.3 is 0 Å². The standard InChI is InChI=1S/C22H24F2N2O4/c1-4-25(13-14-5-6-19(29-2)20(9-14)30-3)21(27)18-7-8-26(22(18)28)17-11-15(23)10-16(24)12-17/h5-6,9-12,18H,4,7-8,13H2,1-3H3. The normalized spacial score (nSPS) is 16.0. The predicted molar refractivity (Wildman–Crippen MR) is 107 cm³/mol. The first kappa shape index (κ1) is 21.5. The van der Waals surface area contributed by atoms with Gasteiger partial charge in [-0.1, -0.05) is 6.07 Å². The van der Waals surface area contributed by atoms with E-state index in [1.807, 2.05) is 13.0 Å². The van der Waals surface area contributed by atoms with Gasteiger partial charge in [-0.3, -0.25) is 9.59 Å². The van der Waals surface area contributed by atoms with Crippen LogP contribution in [0.3, 0.4) is 0 Å². The van der Waals surface area contributed by atoms with E-state index in [9.17, 15) is 18.4 Å². The third-order valence-corrected chi connectivity index (χ3v) is 5.18. The van der Waals surface area contributed by atoms with Crippen LogP contribution in [-0.4, -0.2) is 44.0 Å². The summed E-state index contributed by atoms with van der Waals surface area (Å²) in [6.07, 6.45) is 0.290. The van der Waals surface area contributed by atoms with Gasteiger partial charge in [0.1, 0.15) is 17.6 Å². The first-order valence-electron chi connectivity index (χ1n) is 9.65. The number of rotatable bonds is 7. The van der Waals surface area contributed by atoms with Crippen molar-refractivity contribution < 1.29 is 27.8 Å². The van der Waals surface area contributed by atoms with Crippen molar-refractivity contribution in [3.8, 4) is 11.5 Å². The second-order valence-electron chi connectivity index (χ2n) is 7.00. The number of halogens is 2. The van der Waals surface area contributed by atoms with E-state index in [1.54, 1.807) is 24.1 Å². The lowest BCUT2D eigenvalue weighted by atomic mass is 10.1. The summed E-state index contributed by atoms with van der Waals surface area (Å²) in [6, 6.07) is 8.30. The molecule has 1 aliphatic heterocycles. The van der Waals surface area contributed by atoms with Gasteiger partial charge in [0.15, 0.2) is 11.5 Å². The SMILES string of the molecule is CCN(Cc1ccc(OC)c(OC)c1)C(=O)C1CCN(c2cc(F)cc(F)c2)C1=O. The molecule has 0 aromatic heterocycles. The molecule has 0 aliphatic carbocycles. The van der Waals surface area contributed by atoms with Crippen LogP contribution in [0.25, 0.3) is 0 Å². The molecule has 1 fully saturated rings. The number of methoxy groups -OCH3 is 2. The molecular weight excluding hydrogens is 394 g/mol. The molecule has 0 spiro atoms. The first-order chi connectivity index (χ1) is 14.4. The fraction of sp³-hybridized carbons (Fsp3) is 0.364. The van der Waals surface area contributed by atoms with Crippen LogP contribution in [0.4, 0.5) is 14.5 Å². The Morgan fingerprint density at radius 2 is 1.77 bits per heavy atom. The monoisotopic (exact) mass is 418 g/mol. The van der Waals surface area contributed by atoms with Gasteiger partial charge in [0.2, 0.25) is 11.8 Å². The lowest BCUT2D eigenvalue weighted by Gasteiger charge is -2.24. The minimum absolute atomic E-state index is 0.121. The Balaban J connectivity index is 1.75. The van der Waals surface area contributed by atoms with Crippen LogP contribution < -0.4 is 14.4 Å². The van der Waals surface area contributed by atoms with Crippen LogP contribution in [0.5, 0.6) is 11.5 Å². The maximum absolute atomic E-state index is 13.5. The van der Waals surface area contributed by atoms with Crippen LogP contribution in [-0.2, 0) is 16.1 Å².